The molecule has 2 aromatic rings. The average molecular weight is 436 g/mol. The van der Waals surface area contributed by atoms with Gasteiger partial charge in [-0.1, -0.05) is 22.0 Å². The van der Waals surface area contributed by atoms with Gasteiger partial charge in [-0.05, 0) is 30.3 Å². The molecule has 0 unspecified atom stereocenters. The van der Waals surface area contributed by atoms with Crippen LogP contribution in [0.1, 0.15) is 16.7 Å². The van der Waals surface area contributed by atoms with Crippen molar-refractivity contribution >= 4 is 21.9 Å². The van der Waals surface area contributed by atoms with Gasteiger partial charge in [0.25, 0.3) is 0 Å². The molecule has 4 nitrogen and oxygen atoms in total. The number of nitriles is 1. The summed E-state index contributed by atoms with van der Waals surface area (Å²) in [5, 5.41) is 17.6. The number of rotatable bonds is 4. The molecular weight excluding hydrogens is 429 g/mol. The quantitative estimate of drug-likeness (QED) is 0.660. The number of hydrogen-bond acceptors (Lipinski definition) is 3. The number of halogens is 6. The Morgan fingerprint density at radius 3 is 2.35 bits per heavy atom. The summed E-state index contributed by atoms with van der Waals surface area (Å²) in [4.78, 5) is 10.8. The molecule has 0 fully saturated rings. The van der Waals surface area contributed by atoms with Crippen LogP contribution in [0.2, 0.25) is 0 Å². The van der Waals surface area contributed by atoms with E-state index in [2.05, 4.69) is 15.9 Å². The molecule has 1 N–H and O–H groups in total. The molecule has 0 aromatic heterocycles. The van der Waals surface area contributed by atoms with Crippen LogP contribution in [-0.4, -0.2) is 11.1 Å². The summed E-state index contributed by atoms with van der Waals surface area (Å²) in [6.07, 6.45) is -4.80. The minimum Gasteiger partial charge on any atom is -0.477 e. The molecule has 0 aliphatic heterocycles. The standard InChI is InChI=1S/C16H7BrF5NO3/c17-11-2-1-3-12(13(11)15(18,19)14(24)25)26-10-5-8(7-23)4-9(6-10)16(20,21)22/h1-6H,(H,24,25). The van der Waals surface area contributed by atoms with Crippen LogP contribution in [0.25, 0.3) is 0 Å². The minimum absolute atomic E-state index is 0.310. The van der Waals surface area contributed by atoms with Crippen molar-refractivity contribution in [3.63, 3.8) is 0 Å². The van der Waals surface area contributed by atoms with E-state index in [0.717, 1.165) is 18.2 Å². The molecule has 0 amide bonds. The second-order valence-electron chi connectivity index (χ2n) is 4.95. The topological polar surface area (TPSA) is 70.3 Å². The molecule has 0 saturated carbocycles. The van der Waals surface area contributed by atoms with Crippen LogP contribution < -0.4 is 4.74 Å². The van der Waals surface area contributed by atoms with Crippen molar-refractivity contribution in [1.29, 1.82) is 5.26 Å². The fraction of sp³-hybridized carbons (Fsp3) is 0.125. The summed E-state index contributed by atoms with van der Waals surface area (Å²) in [6.45, 7) is 0. The first-order valence-electron chi connectivity index (χ1n) is 6.67. The zero-order chi connectivity index (χ0) is 19.7. The Hall–Kier alpha value is -2.67. The van der Waals surface area contributed by atoms with E-state index in [-0.39, 0.29) is 4.47 Å². The Morgan fingerprint density at radius 2 is 1.81 bits per heavy atom. The van der Waals surface area contributed by atoms with Gasteiger partial charge in [-0.2, -0.15) is 27.2 Å². The van der Waals surface area contributed by atoms with E-state index in [1.165, 1.54) is 12.1 Å². The zero-order valence-electron chi connectivity index (χ0n) is 12.4. The highest BCUT2D eigenvalue weighted by molar-refractivity contribution is 9.10. The van der Waals surface area contributed by atoms with E-state index in [0.29, 0.717) is 12.1 Å². The molecular formula is C16H7BrF5NO3. The third kappa shape index (κ3) is 3.94. The van der Waals surface area contributed by atoms with Crippen LogP contribution in [0.3, 0.4) is 0 Å². The minimum atomic E-state index is -4.80. The molecule has 0 atom stereocenters. The third-order valence-corrected chi connectivity index (χ3v) is 3.81. The monoisotopic (exact) mass is 435 g/mol. The van der Waals surface area contributed by atoms with Gasteiger partial charge < -0.3 is 9.84 Å². The maximum atomic E-state index is 14.0. The predicted molar refractivity (Wildman–Crippen MR) is 81.9 cm³/mol. The van der Waals surface area contributed by atoms with Crippen LogP contribution in [0.4, 0.5) is 22.0 Å². The summed E-state index contributed by atoms with van der Waals surface area (Å²) in [5.41, 5.74) is -2.69. The summed E-state index contributed by atoms with van der Waals surface area (Å²) in [7, 11) is 0. The number of aliphatic carboxylic acids is 1. The van der Waals surface area contributed by atoms with Crippen LogP contribution in [0, 0.1) is 11.3 Å². The highest BCUT2D eigenvalue weighted by atomic mass is 79.9. The molecule has 0 saturated heterocycles. The fourth-order valence-electron chi connectivity index (χ4n) is 2.01. The molecule has 0 aliphatic rings. The maximum absolute atomic E-state index is 14.0. The van der Waals surface area contributed by atoms with E-state index >= 15 is 0 Å². The lowest BCUT2D eigenvalue weighted by molar-refractivity contribution is -0.166. The molecule has 0 radical (unpaired) electrons. The van der Waals surface area contributed by atoms with Gasteiger partial charge in [0.1, 0.15) is 11.5 Å². The van der Waals surface area contributed by atoms with Crippen molar-refractivity contribution in [3.8, 4) is 17.6 Å². The van der Waals surface area contributed by atoms with Crippen LogP contribution in [-0.2, 0) is 16.9 Å². The second kappa shape index (κ2) is 6.92. The van der Waals surface area contributed by atoms with Gasteiger partial charge in [0.2, 0.25) is 0 Å². The van der Waals surface area contributed by atoms with Gasteiger partial charge in [0.05, 0.1) is 22.8 Å². The van der Waals surface area contributed by atoms with Gasteiger partial charge in [-0.15, -0.1) is 0 Å². The SMILES string of the molecule is N#Cc1cc(Oc2cccc(Br)c2C(F)(F)C(=O)O)cc(C(F)(F)F)c1. The summed E-state index contributed by atoms with van der Waals surface area (Å²) in [5.74, 6) is -8.04. The Labute approximate surface area is 151 Å². The first-order chi connectivity index (χ1) is 12.0. The number of ether oxygens (including phenoxy) is 1. The van der Waals surface area contributed by atoms with E-state index in [4.69, 9.17) is 15.1 Å². The molecule has 0 heterocycles. The Bertz CT molecular complexity index is 906. The molecule has 2 aromatic carbocycles. The largest absolute Gasteiger partial charge is 0.477 e. The van der Waals surface area contributed by atoms with Crippen LogP contribution >= 0.6 is 15.9 Å². The number of carbonyl (C=O) groups is 1. The molecule has 26 heavy (non-hydrogen) atoms. The summed E-state index contributed by atoms with van der Waals surface area (Å²) >= 11 is 2.78. The average Bonchev–Trinajstić information content (AvgIpc) is 2.53. The van der Waals surface area contributed by atoms with E-state index in [9.17, 15) is 26.7 Å². The first kappa shape index (κ1) is 19.7. The highest BCUT2D eigenvalue weighted by Gasteiger charge is 2.45. The van der Waals surface area contributed by atoms with Crippen molar-refractivity contribution in [1.82, 2.24) is 0 Å². The van der Waals surface area contributed by atoms with Gasteiger partial charge >= 0.3 is 18.1 Å². The van der Waals surface area contributed by atoms with Crippen LogP contribution in [0.5, 0.6) is 11.5 Å². The highest BCUT2D eigenvalue weighted by Crippen LogP contribution is 2.42. The Balaban J connectivity index is 2.59. The lowest BCUT2D eigenvalue weighted by atomic mass is 10.1. The predicted octanol–water partition coefficient (Wildman–Crippen LogP) is 5.31. The van der Waals surface area contributed by atoms with E-state index in [1.807, 2.05) is 0 Å². The van der Waals surface area contributed by atoms with Crippen molar-refractivity contribution in [2.45, 2.75) is 12.1 Å². The lowest BCUT2D eigenvalue weighted by Gasteiger charge is -2.18. The second-order valence-corrected chi connectivity index (χ2v) is 5.80. The van der Waals surface area contributed by atoms with Crippen molar-refractivity contribution in [3.05, 3.63) is 57.6 Å². The Kier molecular flexibility index (Phi) is 5.23. The molecule has 0 spiro atoms. The van der Waals surface area contributed by atoms with Gasteiger partial charge in [-0.3, -0.25) is 0 Å². The fourth-order valence-corrected chi connectivity index (χ4v) is 2.61. The first-order valence-corrected chi connectivity index (χ1v) is 7.46. The molecule has 2 rings (SSSR count). The normalized spacial score (nSPS) is 11.7. The molecule has 10 heteroatoms. The van der Waals surface area contributed by atoms with Gasteiger partial charge in [0, 0.05) is 4.47 Å². The molecule has 0 aliphatic carbocycles. The lowest BCUT2D eigenvalue weighted by Crippen LogP contribution is -2.26. The maximum Gasteiger partial charge on any atom is 0.416 e. The smallest absolute Gasteiger partial charge is 0.416 e. The molecule has 136 valence electrons. The van der Waals surface area contributed by atoms with Crippen molar-refractivity contribution in [2.24, 2.45) is 0 Å². The number of hydrogen-bond donors (Lipinski definition) is 1. The third-order valence-electron chi connectivity index (χ3n) is 3.15. The number of nitrogens with zero attached hydrogens (tertiary/aromatic N) is 1. The van der Waals surface area contributed by atoms with E-state index in [1.54, 1.807) is 0 Å². The summed E-state index contributed by atoms with van der Waals surface area (Å²) < 4.78 is 71.4. The van der Waals surface area contributed by atoms with Crippen molar-refractivity contribution in [2.75, 3.05) is 0 Å². The number of carboxylic acid groups (broad SMARTS) is 1. The molecule has 0 bridgehead atoms. The van der Waals surface area contributed by atoms with Crippen LogP contribution in [0.15, 0.2) is 40.9 Å². The Morgan fingerprint density at radius 1 is 1.15 bits per heavy atom. The number of carboxylic acids is 1. The zero-order valence-corrected chi connectivity index (χ0v) is 14.0. The van der Waals surface area contributed by atoms with Gasteiger partial charge in [-0.25, -0.2) is 4.79 Å². The number of alkyl halides is 5. The van der Waals surface area contributed by atoms with Crippen molar-refractivity contribution < 1.29 is 36.6 Å². The van der Waals surface area contributed by atoms with E-state index < -0.39 is 46.3 Å². The number of benzene rings is 2. The summed E-state index contributed by atoms with van der Waals surface area (Å²) in [6, 6.07) is 6.85. The van der Waals surface area contributed by atoms with Gasteiger partial charge in [0.15, 0.2) is 0 Å².